The van der Waals surface area contributed by atoms with Crippen molar-refractivity contribution >= 4 is 12.0 Å². The van der Waals surface area contributed by atoms with Crippen LogP contribution in [0.5, 0.6) is 0 Å². The molecule has 1 aromatic heterocycles. The molecule has 0 radical (unpaired) electrons. The first-order chi connectivity index (χ1) is 9.45. The molecule has 1 aromatic rings. The summed E-state index contributed by atoms with van der Waals surface area (Å²) in [5.74, 6) is -0.875. The van der Waals surface area contributed by atoms with Gasteiger partial charge in [0.25, 0.3) is 0 Å². The molecule has 2 amide bonds. The van der Waals surface area contributed by atoms with Gasteiger partial charge in [0.05, 0.1) is 24.5 Å². The Kier molecular flexibility index (Phi) is 5.61. The minimum Gasteiger partial charge on any atom is -0.481 e. The summed E-state index contributed by atoms with van der Waals surface area (Å²) in [6.07, 6.45) is 4.07. The van der Waals surface area contributed by atoms with E-state index in [1.807, 2.05) is 13.8 Å². The van der Waals surface area contributed by atoms with Gasteiger partial charge in [-0.3, -0.25) is 4.79 Å². The molecule has 0 atom stereocenters. The number of aliphatic carboxylic acids is 1. The first-order valence-electron chi connectivity index (χ1n) is 6.68. The Morgan fingerprint density at radius 3 is 2.50 bits per heavy atom. The van der Waals surface area contributed by atoms with Crippen LogP contribution in [0.3, 0.4) is 0 Å². The lowest BCUT2D eigenvalue weighted by Gasteiger charge is -2.28. The second kappa shape index (κ2) is 6.98. The highest BCUT2D eigenvalue weighted by Gasteiger charge is 2.35. The normalized spacial score (nSPS) is 11.2. The number of nitrogens with zero attached hydrogens (tertiary/aromatic N) is 1. The zero-order valence-corrected chi connectivity index (χ0v) is 12.2. The SMILES string of the molecule is CCC(CC)(CNC(=O)N(C)Cc1ccoc1)C(=O)O. The summed E-state index contributed by atoms with van der Waals surface area (Å²) in [4.78, 5) is 24.8. The first-order valence-corrected chi connectivity index (χ1v) is 6.68. The van der Waals surface area contributed by atoms with E-state index in [1.165, 1.54) is 4.90 Å². The molecule has 20 heavy (non-hydrogen) atoms. The van der Waals surface area contributed by atoms with Crippen LogP contribution in [-0.2, 0) is 11.3 Å². The number of carbonyl (C=O) groups is 2. The number of rotatable bonds is 7. The van der Waals surface area contributed by atoms with E-state index in [9.17, 15) is 14.7 Å². The first kappa shape index (κ1) is 16.1. The topological polar surface area (TPSA) is 82.8 Å². The lowest BCUT2D eigenvalue weighted by atomic mass is 9.82. The number of hydrogen-bond donors (Lipinski definition) is 2. The van der Waals surface area contributed by atoms with Gasteiger partial charge in [-0.2, -0.15) is 0 Å². The van der Waals surface area contributed by atoms with E-state index >= 15 is 0 Å². The summed E-state index contributed by atoms with van der Waals surface area (Å²) in [7, 11) is 1.66. The Labute approximate surface area is 118 Å². The van der Waals surface area contributed by atoms with Crippen LogP contribution >= 0.6 is 0 Å². The molecule has 0 saturated heterocycles. The van der Waals surface area contributed by atoms with E-state index in [-0.39, 0.29) is 12.6 Å². The number of urea groups is 1. The fraction of sp³-hybridized carbons (Fsp3) is 0.571. The molecule has 0 unspecified atom stereocenters. The number of carboxylic acids is 1. The standard InChI is InChI=1S/C14H22N2O4/c1-4-14(5-2,12(17)18)10-15-13(19)16(3)8-11-6-7-20-9-11/h6-7,9H,4-5,8,10H2,1-3H3,(H,15,19)(H,17,18). The summed E-state index contributed by atoms with van der Waals surface area (Å²) in [6.45, 7) is 4.18. The molecule has 0 saturated carbocycles. The third kappa shape index (κ3) is 3.76. The third-order valence-corrected chi connectivity index (χ3v) is 3.73. The molecule has 0 aromatic carbocycles. The highest BCUT2D eigenvalue weighted by Crippen LogP contribution is 2.25. The van der Waals surface area contributed by atoms with Gasteiger partial charge in [-0.1, -0.05) is 13.8 Å². The fourth-order valence-corrected chi connectivity index (χ4v) is 1.99. The minimum absolute atomic E-state index is 0.129. The lowest BCUT2D eigenvalue weighted by Crippen LogP contribution is -2.46. The van der Waals surface area contributed by atoms with Crippen molar-refractivity contribution in [3.8, 4) is 0 Å². The number of carbonyl (C=O) groups excluding carboxylic acids is 1. The molecule has 0 fully saturated rings. The van der Waals surface area contributed by atoms with Gasteiger partial charge >= 0.3 is 12.0 Å². The number of amides is 2. The summed E-state index contributed by atoms with van der Waals surface area (Å²) in [5.41, 5.74) is -0.00953. The van der Waals surface area contributed by atoms with Gasteiger partial charge in [-0.15, -0.1) is 0 Å². The van der Waals surface area contributed by atoms with Gasteiger partial charge in [-0.25, -0.2) is 4.79 Å². The molecular formula is C14H22N2O4. The molecule has 0 aliphatic heterocycles. The monoisotopic (exact) mass is 282 g/mol. The van der Waals surface area contributed by atoms with E-state index < -0.39 is 11.4 Å². The number of hydrogen-bond acceptors (Lipinski definition) is 3. The highest BCUT2D eigenvalue weighted by atomic mass is 16.4. The summed E-state index contributed by atoms with van der Waals surface area (Å²) in [5, 5.41) is 12.0. The van der Waals surface area contributed by atoms with E-state index in [0.29, 0.717) is 19.4 Å². The van der Waals surface area contributed by atoms with E-state index in [4.69, 9.17) is 4.42 Å². The number of nitrogens with one attached hydrogen (secondary N) is 1. The van der Waals surface area contributed by atoms with E-state index in [2.05, 4.69) is 5.32 Å². The smallest absolute Gasteiger partial charge is 0.317 e. The molecule has 6 nitrogen and oxygen atoms in total. The molecule has 1 heterocycles. The van der Waals surface area contributed by atoms with Crippen molar-refractivity contribution in [2.75, 3.05) is 13.6 Å². The second-order valence-corrected chi connectivity index (χ2v) is 4.94. The van der Waals surface area contributed by atoms with Gasteiger partial charge < -0.3 is 19.7 Å². The maximum absolute atomic E-state index is 12.0. The van der Waals surface area contributed by atoms with Crippen molar-refractivity contribution in [1.82, 2.24) is 10.2 Å². The van der Waals surface area contributed by atoms with Crippen molar-refractivity contribution in [2.24, 2.45) is 5.41 Å². The molecular weight excluding hydrogens is 260 g/mol. The number of carboxylic acid groups (broad SMARTS) is 1. The number of furan rings is 1. The Morgan fingerprint density at radius 1 is 1.40 bits per heavy atom. The van der Waals surface area contributed by atoms with Crippen molar-refractivity contribution in [1.29, 1.82) is 0 Å². The summed E-state index contributed by atoms with van der Waals surface area (Å²) in [6, 6.07) is 1.49. The predicted octanol–water partition coefficient (Wildman–Crippen LogP) is 2.31. The molecule has 0 aliphatic rings. The van der Waals surface area contributed by atoms with Crippen LogP contribution in [0.25, 0.3) is 0 Å². The van der Waals surface area contributed by atoms with Crippen LogP contribution in [-0.4, -0.2) is 35.6 Å². The van der Waals surface area contributed by atoms with Crippen LogP contribution in [0.2, 0.25) is 0 Å². The Balaban J connectivity index is 2.55. The average Bonchev–Trinajstić information content (AvgIpc) is 2.92. The van der Waals surface area contributed by atoms with Gasteiger partial charge in [-0.05, 0) is 18.9 Å². The van der Waals surface area contributed by atoms with Crippen LogP contribution in [0.15, 0.2) is 23.0 Å². The van der Waals surface area contributed by atoms with Gasteiger partial charge in [0.15, 0.2) is 0 Å². The molecule has 2 N–H and O–H groups in total. The van der Waals surface area contributed by atoms with Gasteiger partial charge in [0.1, 0.15) is 0 Å². The highest BCUT2D eigenvalue weighted by molar-refractivity contribution is 5.78. The van der Waals surface area contributed by atoms with Crippen molar-refractivity contribution < 1.29 is 19.1 Å². The second-order valence-electron chi connectivity index (χ2n) is 4.94. The molecule has 0 spiro atoms. The zero-order chi connectivity index (χ0) is 15.2. The molecule has 6 heteroatoms. The zero-order valence-electron chi connectivity index (χ0n) is 12.2. The summed E-state index contributed by atoms with van der Waals surface area (Å²) < 4.78 is 4.94. The fourth-order valence-electron chi connectivity index (χ4n) is 1.99. The van der Waals surface area contributed by atoms with E-state index in [0.717, 1.165) is 5.56 Å². The Hall–Kier alpha value is -1.98. The van der Waals surface area contributed by atoms with Crippen LogP contribution in [0.1, 0.15) is 32.3 Å². The molecule has 1 rings (SSSR count). The maximum Gasteiger partial charge on any atom is 0.317 e. The maximum atomic E-state index is 12.0. The molecule has 0 bridgehead atoms. The molecule has 112 valence electrons. The predicted molar refractivity (Wildman–Crippen MR) is 74.2 cm³/mol. The van der Waals surface area contributed by atoms with Crippen molar-refractivity contribution in [2.45, 2.75) is 33.2 Å². The Morgan fingerprint density at radius 2 is 2.05 bits per heavy atom. The quantitative estimate of drug-likeness (QED) is 0.804. The van der Waals surface area contributed by atoms with Gasteiger partial charge in [0, 0.05) is 19.2 Å². The van der Waals surface area contributed by atoms with Crippen molar-refractivity contribution in [3.05, 3.63) is 24.2 Å². The molecule has 0 aliphatic carbocycles. The van der Waals surface area contributed by atoms with Gasteiger partial charge in [0.2, 0.25) is 0 Å². The van der Waals surface area contributed by atoms with Crippen LogP contribution in [0.4, 0.5) is 4.79 Å². The van der Waals surface area contributed by atoms with E-state index in [1.54, 1.807) is 25.6 Å². The Bertz CT molecular complexity index is 438. The largest absolute Gasteiger partial charge is 0.481 e. The summed E-state index contributed by atoms with van der Waals surface area (Å²) >= 11 is 0. The lowest BCUT2D eigenvalue weighted by molar-refractivity contribution is -0.149. The van der Waals surface area contributed by atoms with Crippen molar-refractivity contribution in [3.63, 3.8) is 0 Å². The van der Waals surface area contributed by atoms with Crippen LogP contribution < -0.4 is 5.32 Å². The minimum atomic E-state index is -0.897. The van der Waals surface area contributed by atoms with Crippen LogP contribution in [0, 0.1) is 5.41 Å². The third-order valence-electron chi connectivity index (χ3n) is 3.73. The average molecular weight is 282 g/mol.